The van der Waals surface area contributed by atoms with Gasteiger partial charge in [-0.2, -0.15) is 5.26 Å². The number of hydrogen-bond acceptors (Lipinski definition) is 3. The fourth-order valence-corrected chi connectivity index (χ4v) is 2.22. The van der Waals surface area contributed by atoms with Crippen LogP contribution in [-0.2, 0) is 6.42 Å². The second kappa shape index (κ2) is 5.22. The maximum absolute atomic E-state index is 12.9. The molecule has 2 aromatic carbocycles. The summed E-state index contributed by atoms with van der Waals surface area (Å²) in [5.74, 6) is 0.800. The minimum absolute atomic E-state index is 0.216. The first-order valence-electron chi connectivity index (χ1n) is 6.30. The molecule has 0 spiro atoms. The van der Waals surface area contributed by atoms with E-state index in [1.54, 1.807) is 12.1 Å². The maximum Gasteiger partial charge on any atom is 0.231 e. The Bertz CT molecular complexity index is 661. The molecule has 3 nitrogen and oxygen atoms in total. The average Bonchev–Trinajstić information content (AvgIpc) is 2.94. The Hall–Kier alpha value is -2.54. The third-order valence-corrected chi connectivity index (χ3v) is 3.31. The van der Waals surface area contributed by atoms with E-state index in [1.807, 2.05) is 18.2 Å². The van der Waals surface area contributed by atoms with Crippen molar-refractivity contribution >= 4 is 0 Å². The van der Waals surface area contributed by atoms with Crippen molar-refractivity contribution in [3.63, 3.8) is 0 Å². The monoisotopic (exact) mass is 269 g/mol. The molecule has 0 fully saturated rings. The Morgan fingerprint density at radius 2 is 1.85 bits per heavy atom. The molecule has 0 aromatic heterocycles. The number of hydrogen-bond donors (Lipinski definition) is 0. The zero-order valence-corrected chi connectivity index (χ0v) is 10.7. The second-order valence-corrected chi connectivity index (χ2v) is 4.62. The average molecular weight is 269 g/mol. The lowest BCUT2D eigenvalue weighted by atomic mass is 9.93. The molecule has 1 unspecified atom stereocenters. The van der Waals surface area contributed by atoms with Crippen molar-refractivity contribution in [1.29, 1.82) is 5.26 Å². The zero-order valence-electron chi connectivity index (χ0n) is 10.7. The maximum atomic E-state index is 12.9. The van der Waals surface area contributed by atoms with Crippen molar-refractivity contribution in [1.82, 2.24) is 0 Å². The quantitative estimate of drug-likeness (QED) is 0.857. The van der Waals surface area contributed by atoms with Crippen LogP contribution in [0.15, 0.2) is 42.5 Å². The number of nitrogens with zero attached hydrogens (tertiary/aromatic N) is 1. The van der Waals surface area contributed by atoms with Gasteiger partial charge in [0.15, 0.2) is 11.5 Å². The lowest BCUT2D eigenvalue weighted by Crippen LogP contribution is -2.00. The normalized spacial score (nSPS) is 13.8. The van der Waals surface area contributed by atoms with Gasteiger partial charge in [-0.1, -0.05) is 18.2 Å². The molecule has 0 bridgehead atoms. The van der Waals surface area contributed by atoms with Gasteiger partial charge >= 0.3 is 0 Å². The van der Waals surface area contributed by atoms with Crippen LogP contribution < -0.4 is 9.47 Å². The minimum atomic E-state index is -0.296. The highest BCUT2D eigenvalue weighted by molar-refractivity contribution is 5.46. The SMILES string of the molecule is N#CC(Cc1ccc(F)cc1)c1ccc2c(c1)OCO2. The molecule has 100 valence electrons. The third-order valence-electron chi connectivity index (χ3n) is 3.31. The van der Waals surface area contributed by atoms with Gasteiger partial charge in [0.1, 0.15) is 5.82 Å². The molecule has 0 N–H and O–H groups in total. The Morgan fingerprint density at radius 1 is 1.10 bits per heavy atom. The van der Waals surface area contributed by atoms with Gasteiger partial charge in [-0.05, 0) is 41.8 Å². The van der Waals surface area contributed by atoms with Crippen LogP contribution in [0.4, 0.5) is 4.39 Å². The molecule has 0 saturated carbocycles. The molecule has 0 amide bonds. The third kappa shape index (κ3) is 2.43. The summed E-state index contributed by atoms with van der Waals surface area (Å²) in [6.45, 7) is 0.216. The lowest BCUT2D eigenvalue weighted by Gasteiger charge is -2.10. The van der Waals surface area contributed by atoms with Crippen molar-refractivity contribution in [3.8, 4) is 17.6 Å². The van der Waals surface area contributed by atoms with E-state index in [0.29, 0.717) is 17.9 Å². The number of nitriles is 1. The molecule has 4 heteroatoms. The Labute approximate surface area is 116 Å². The summed E-state index contributed by atoms with van der Waals surface area (Å²) in [6, 6.07) is 14.0. The van der Waals surface area contributed by atoms with E-state index in [-0.39, 0.29) is 18.5 Å². The molecule has 0 radical (unpaired) electrons. The lowest BCUT2D eigenvalue weighted by molar-refractivity contribution is 0.174. The van der Waals surface area contributed by atoms with Crippen molar-refractivity contribution in [2.75, 3.05) is 6.79 Å². The van der Waals surface area contributed by atoms with Crippen LogP contribution in [0.25, 0.3) is 0 Å². The smallest absolute Gasteiger partial charge is 0.231 e. The largest absolute Gasteiger partial charge is 0.454 e. The Kier molecular flexibility index (Phi) is 3.26. The molecule has 1 aliphatic heterocycles. The van der Waals surface area contributed by atoms with Crippen molar-refractivity contribution in [3.05, 3.63) is 59.4 Å². The van der Waals surface area contributed by atoms with Crippen LogP contribution in [-0.4, -0.2) is 6.79 Å². The van der Waals surface area contributed by atoms with Crippen LogP contribution in [0.5, 0.6) is 11.5 Å². The van der Waals surface area contributed by atoms with Gasteiger partial charge < -0.3 is 9.47 Å². The number of benzene rings is 2. The summed E-state index contributed by atoms with van der Waals surface area (Å²) >= 11 is 0. The van der Waals surface area contributed by atoms with Crippen LogP contribution in [0.3, 0.4) is 0 Å². The summed E-state index contributed by atoms with van der Waals surface area (Å²) < 4.78 is 23.5. The molecular weight excluding hydrogens is 257 g/mol. The molecule has 0 aliphatic carbocycles. The first kappa shape index (κ1) is 12.5. The summed E-state index contributed by atoms with van der Waals surface area (Å²) in [5.41, 5.74) is 1.80. The summed E-state index contributed by atoms with van der Waals surface area (Å²) in [6.07, 6.45) is 0.538. The van der Waals surface area contributed by atoms with E-state index in [9.17, 15) is 9.65 Å². The standard InChI is InChI=1S/C16H12FNO2/c17-14-4-1-11(2-5-14)7-13(9-18)12-3-6-15-16(8-12)20-10-19-15/h1-6,8,13H,7,10H2. The van der Waals surface area contributed by atoms with E-state index in [1.165, 1.54) is 12.1 Å². The molecule has 1 aliphatic rings. The van der Waals surface area contributed by atoms with Gasteiger partial charge in [-0.15, -0.1) is 0 Å². The summed E-state index contributed by atoms with van der Waals surface area (Å²) in [4.78, 5) is 0. The summed E-state index contributed by atoms with van der Waals surface area (Å²) in [7, 11) is 0. The number of halogens is 1. The fourth-order valence-electron chi connectivity index (χ4n) is 2.22. The zero-order chi connectivity index (χ0) is 13.9. The molecule has 3 rings (SSSR count). The number of rotatable bonds is 3. The first-order chi connectivity index (χ1) is 9.76. The van der Waals surface area contributed by atoms with Crippen LogP contribution in [0, 0.1) is 17.1 Å². The predicted molar refractivity (Wildman–Crippen MR) is 71.0 cm³/mol. The highest BCUT2D eigenvalue weighted by Crippen LogP contribution is 2.35. The topological polar surface area (TPSA) is 42.2 Å². The van der Waals surface area contributed by atoms with Gasteiger partial charge in [0.25, 0.3) is 0 Å². The van der Waals surface area contributed by atoms with Gasteiger partial charge in [0.05, 0.1) is 12.0 Å². The van der Waals surface area contributed by atoms with Gasteiger partial charge in [-0.3, -0.25) is 0 Å². The molecule has 2 aromatic rings. The van der Waals surface area contributed by atoms with E-state index in [4.69, 9.17) is 9.47 Å². The fraction of sp³-hybridized carbons (Fsp3) is 0.188. The van der Waals surface area contributed by atoms with Crippen molar-refractivity contribution < 1.29 is 13.9 Å². The highest BCUT2D eigenvalue weighted by Gasteiger charge is 2.18. The highest BCUT2D eigenvalue weighted by atomic mass is 19.1. The van der Waals surface area contributed by atoms with Crippen molar-refractivity contribution in [2.24, 2.45) is 0 Å². The van der Waals surface area contributed by atoms with E-state index in [2.05, 4.69) is 6.07 Å². The van der Waals surface area contributed by atoms with Crippen LogP contribution in [0.2, 0.25) is 0 Å². The van der Waals surface area contributed by atoms with Gasteiger partial charge in [0, 0.05) is 0 Å². The Balaban J connectivity index is 1.83. The van der Waals surface area contributed by atoms with Crippen LogP contribution >= 0.6 is 0 Å². The second-order valence-electron chi connectivity index (χ2n) is 4.62. The number of ether oxygens (including phenoxy) is 2. The van der Waals surface area contributed by atoms with E-state index < -0.39 is 0 Å². The minimum Gasteiger partial charge on any atom is -0.454 e. The van der Waals surface area contributed by atoms with Crippen molar-refractivity contribution in [2.45, 2.75) is 12.3 Å². The molecule has 0 saturated heterocycles. The molecule has 20 heavy (non-hydrogen) atoms. The van der Waals surface area contributed by atoms with Crippen LogP contribution in [0.1, 0.15) is 17.0 Å². The summed E-state index contributed by atoms with van der Waals surface area (Å²) in [5, 5.41) is 9.35. The van der Waals surface area contributed by atoms with Gasteiger partial charge in [0.2, 0.25) is 6.79 Å². The number of fused-ring (bicyclic) bond motifs is 1. The van der Waals surface area contributed by atoms with E-state index in [0.717, 1.165) is 11.1 Å². The molecule has 1 heterocycles. The molecule has 1 atom stereocenters. The first-order valence-corrected chi connectivity index (χ1v) is 6.30. The van der Waals surface area contributed by atoms with Gasteiger partial charge in [-0.25, -0.2) is 4.39 Å². The van der Waals surface area contributed by atoms with E-state index >= 15 is 0 Å². The Morgan fingerprint density at radius 3 is 2.60 bits per heavy atom. The molecular formula is C16H12FNO2. The predicted octanol–water partition coefficient (Wildman–Crippen LogP) is 3.40.